The molecule has 0 spiro atoms. The summed E-state index contributed by atoms with van der Waals surface area (Å²) >= 11 is 0. The van der Waals surface area contributed by atoms with Crippen molar-refractivity contribution >= 4 is 17.5 Å². The number of methoxy groups -OCH3 is 1. The van der Waals surface area contributed by atoms with Gasteiger partial charge in [-0.3, -0.25) is 4.79 Å². The number of rotatable bonds is 4. The van der Waals surface area contributed by atoms with Gasteiger partial charge in [-0.2, -0.15) is 0 Å². The van der Waals surface area contributed by atoms with Crippen LogP contribution < -0.4 is 15.0 Å². The van der Waals surface area contributed by atoms with Crippen LogP contribution in [0.15, 0.2) is 36.5 Å². The molecule has 120 valence electrons. The van der Waals surface area contributed by atoms with Gasteiger partial charge in [0.2, 0.25) is 5.95 Å². The molecule has 23 heavy (non-hydrogen) atoms. The Morgan fingerprint density at radius 1 is 1.30 bits per heavy atom. The number of morpholine rings is 1. The first-order valence-electron chi connectivity index (χ1n) is 7.37. The Labute approximate surface area is 134 Å². The second-order valence-corrected chi connectivity index (χ2v) is 5.03. The summed E-state index contributed by atoms with van der Waals surface area (Å²) in [5.74, 6) is 0.946. The number of ether oxygens (including phenoxy) is 2. The average Bonchev–Trinajstić information content (AvgIpc) is 2.63. The fraction of sp³-hybridized carbons (Fsp3) is 0.312. The number of nitrogens with zero attached hydrogens (tertiary/aromatic N) is 3. The third-order valence-corrected chi connectivity index (χ3v) is 3.50. The molecular formula is C16H18N4O3. The van der Waals surface area contributed by atoms with E-state index in [1.807, 2.05) is 17.0 Å². The molecule has 1 aliphatic heterocycles. The number of carbonyl (C=O) groups excluding carboxylic acids is 1. The smallest absolute Gasteiger partial charge is 0.274 e. The Bertz CT molecular complexity index is 687. The predicted molar refractivity (Wildman–Crippen MR) is 86.0 cm³/mol. The van der Waals surface area contributed by atoms with Crippen LogP contribution in [0.25, 0.3) is 0 Å². The monoisotopic (exact) mass is 314 g/mol. The van der Waals surface area contributed by atoms with E-state index in [-0.39, 0.29) is 5.91 Å². The number of benzene rings is 1. The molecule has 7 nitrogen and oxygen atoms in total. The SMILES string of the molecule is COc1cccc(NC(=O)c2ccnc(N3CCOCC3)n2)c1. The van der Waals surface area contributed by atoms with Crippen LogP contribution in [0.3, 0.4) is 0 Å². The minimum Gasteiger partial charge on any atom is -0.497 e. The van der Waals surface area contributed by atoms with Crippen LogP contribution in [0, 0.1) is 0 Å². The van der Waals surface area contributed by atoms with E-state index in [0.717, 1.165) is 13.1 Å². The predicted octanol–water partition coefficient (Wildman–Crippen LogP) is 1.57. The van der Waals surface area contributed by atoms with Gasteiger partial charge in [0.25, 0.3) is 5.91 Å². The van der Waals surface area contributed by atoms with Crippen molar-refractivity contribution in [1.29, 1.82) is 0 Å². The Morgan fingerprint density at radius 3 is 2.91 bits per heavy atom. The van der Waals surface area contributed by atoms with Crippen molar-refractivity contribution in [3.05, 3.63) is 42.2 Å². The van der Waals surface area contributed by atoms with E-state index in [1.54, 1.807) is 31.5 Å². The van der Waals surface area contributed by atoms with Crippen molar-refractivity contribution in [3.8, 4) is 5.75 Å². The normalized spacial score (nSPS) is 14.4. The van der Waals surface area contributed by atoms with Gasteiger partial charge in [-0.15, -0.1) is 0 Å². The first-order chi connectivity index (χ1) is 11.3. The van der Waals surface area contributed by atoms with Crippen LogP contribution in [-0.2, 0) is 4.74 Å². The molecule has 7 heteroatoms. The summed E-state index contributed by atoms with van der Waals surface area (Å²) in [7, 11) is 1.58. The van der Waals surface area contributed by atoms with Crippen LogP contribution in [0.4, 0.5) is 11.6 Å². The molecule has 0 unspecified atom stereocenters. The maximum Gasteiger partial charge on any atom is 0.274 e. The van der Waals surface area contributed by atoms with Gasteiger partial charge in [0, 0.05) is 31.0 Å². The Morgan fingerprint density at radius 2 is 2.13 bits per heavy atom. The minimum absolute atomic E-state index is 0.282. The van der Waals surface area contributed by atoms with Crippen LogP contribution >= 0.6 is 0 Å². The van der Waals surface area contributed by atoms with Gasteiger partial charge >= 0.3 is 0 Å². The lowest BCUT2D eigenvalue weighted by Crippen LogP contribution is -2.37. The number of amides is 1. The zero-order chi connectivity index (χ0) is 16.1. The van der Waals surface area contributed by atoms with Gasteiger partial charge in [-0.1, -0.05) is 6.07 Å². The van der Waals surface area contributed by atoms with Crippen LogP contribution in [0.5, 0.6) is 5.75 Å². The average molecular weight is 314 g/mol. The summed E-state index contributed by atoms with van der Waals surface area (Å²) in [6, 6.07) is 8.77. The molecule has 1 aromatic heterocycles. The van der Waals surface area contributed by atoms with E-state index in [0.29, 0.717) is 36.3 Å². The lowest BCUT2D eigenvalue weighted by molar-refractivity contribution is 0.102. The maximum atomic E-state index is 12.4. The van der Waals surface area contributed by atoms with Crippen LogP contribution in [0.2, 0.25) is 0 Å². The number of carbonyl (C=O) groups is 1. The molecule has 2 heterocycles. The zero-order valence-corrected chi connectivity index (χ0v) is 12.9. The molecule has 1 fully saturated rings. The fourth-order valence-corrected chi connectivity index (χ4v) is 2.29. The molecular weight excluding hydrogens is 296 g/mol. The minimum atomic E-state index is -0.282. The molecule has 0 atom stereocenters. The summed E-state index contributed by atoms with van der Waals surface area (Å²) in [4.78, 5) is 23.0. The Balaban J connectivity index is 1.74. The molecule has 1 aliphatic rings. The molecule has 0 aliphatic carbocycles. The van der Waals surface area contributed by atoms with Gasteiger partial charge in [0.05, 0.1) is 20.3 Å². The first-order valence-corrected chi connectivity index (χ1v) is 7.37. The molecule has 2 aromatic rings. The molecule has 0 radical (unpaired) electrons. The zero-order valence-electron chi connectivity index (χ0n) is 12.9. The van der Waals surface area contributed by atoms with Gasteiger partial charge in [0.1, 0.15) is 11.4 Å². The molecule has 3 rings (SSSR count). The molecule has 0 bridgehead atoms. The van der Waals surface area contributed by atoms with E-state index >= 15 is 0 Å². The largest absolute Gasteiger partial charge is 0.497 e. The standard InChI is InChI=1S/C16H18N4O3/c1-22-13-4-2-3-12(11-13)18-15(21)14-5-6-17-16(19-14)20-7-9-23-10-8-20/h2-6,11H,7-10H2,1H3,(H,18,21). The van der Waals surface area contributed by atoms with Crippen LogP contribution in [-0.4, -0.2) is 49.3 Å². The van der Waals surface area contributed by atoms with Gasteiger partial charge in [-0.05, 0) is 18.2 Å². The number of hydrogen-bond acceptors (Lipinski definition) is 6. The molecule has 1 aromatic carbocycles. The highest BCUT2D eigenvalue weighted by Gasteiger charge is 2.16. The second-order valence-electron chi connectivity index (χ2n) is 5.03. The third-order valence-electron chi connectivity index (χ3n) is 3.50. The van der Waals surface area contributed by atoms with E-state index < -0.39 is 0 Å². The number of hydrogen-bond donors (Lipinski definition) is 1. The molecule has 0 saturated carbocycles. The van der Waals surface area contributed by atoms with Crippen molar-refractivity contribution in [3.63, 3.8) is 0 Å². The number of nitrogens with one attached hydrogen (secondary N) is 1. The van der Waals surface area contributed by atoms with Gasteiger partial charge in [0.15, 0.2) is 0 Å². The summed E-state index contributed by atoms with van der Waals surface area (Å²) in [5.41, 5.74) is 0.977. The van der Waals surface area contributed by atoms with E-state index in [4.69, 9.17) is 9.47 Å². The van der Waals surface area contributed by atoms with E-state index in [1.165, 1.54) is 0 Å². The first kappa shape index (κ1) is 15.2. The van der Waals surface area contributed by atoms with Gasteiger partial charge in [-0.25, -0.2) is 9.97 Å². The summed E-state index contributed by atoms with van der Waals surface area (Å²) in [5, 5.41) is 2.81. The fourth-order valence-electron chi connectivity index (χ4n) is 2.29. The summed E-state index contributed by atoms with van der Waals surface area (Å²) in [6.07, 6.45) is 1.60. The van der Waals surface area contributed by atoms with Crippen molar-refractivity contribution in [2.75, 3.05) is 43.6 Å². The second kappa shape index (κ2) is 7.06. The highest BCUT2D eigenvalue weighted by molar-refractivity contribution is 6.03. The summed E-state index contributed by atoms with van der Waals surface area (Å²) in [6.45, 7) is 2.73. The Hall–Kier alpha value is -2.67. The molecule has 1 amide bonds. The number of anilines is 2. The van der Waals surface area contributed by atoms with Crippen molar-refractivity contribution in [1.82, 2.24) is 9.97 Å². The Kier molecular flexibility index (Phi) is 4.68. The number of aromatic nitrogens is 2. The lowest BCUT2D eigenvalue weighted by atomic mass is 10.3. The molecule has 1 saturated heterocycles. The van der Waals surface area contributed by atoms with Crippen molar-refractivity contribution < 1.29 is 14.3 Å². The quantitative estimate of drug-likeness (QED) is 0.923. The highest BCUT2D eigenvalue weighted by atomic mass is 16.5. The van der Waals surface area contributed by atoms with Gasteiger partial charge < -0.3 is 19.7 Å². The van der Waals surface area contributed by atoms with Crippen LogP contribution in [0.1, 0.15) is 10.5 Å². The summed E-state index contributed by atoms with van der Waals surface area (Å²) < 4.78 is 10.5. The maximum absolute atomic E-state index is 12.4. The topological polar surface area (TPSA) is 76.6 Å². The third kappa shape index (κ3) is 3.75. The highest BCUT2D eigenvalue weighted by Crippen LogP contribution is 2.17. The van der Waals surface area contributed by atoms with E-state index in [2.05, 4.69) is 15.3 Å². The van der Waals surface area contributed by atoms with Crippen molar-refractivity contribution in [2.45, 2.75) is 0 Å². The van der Waals surface area contributed by atoms with Crippen molar-refractivity contribution in [2.24, 2.45) is 0 Å². The molecule has 1 N–H and O–H groups in total. The lowest BCUT2D eigenvalue weighted by Gasteiger charge is -2.26. The van der Waals surface area contributed by atoms with E-state index in [9.17, 15) is 4.79 Å².